The van der Waals surface area contributed by atoms with Gasteiger partial charge in [-0.05, 0) is 43.4 Å². The molecular weight excluding hydrogens is 220 g/mol. The average Bonchev–Trinajstić information content (AvgIpc) is 2.95. The first kappa shape index (κ1) is 14.1. The zero-order chi connectivity index (χ0) is 12.8. The van der Waals surface area contributed by atoms with Crippen molar-refractivity contribution >= 4 is 5.78 Å². The van der Waals surface area contributed by atoms with Crippen molar-refractivity contribution in [3.05, 3.63) is 0 Å². The second-order valence-corrected chi connectivity index (χ2v) is 6.70. The molecule has 2 rings (SSSR count). The molecule has 2 fully saturated rings. The number of hydrogen-bond donors (Lipinski definition) is 0. The van der Waals surface area contributed by atoms with Gasteiger partial charge in [0.1, 0.15) is 5.78 Å². The lowest BCUT2D eigenvalue weighted by Gasteiger charge is -2.20. The number of rotatable bonds is 9. The number of Topliss-reactive ketones (excluding diaryl/α,β-unsaturated/α-hetero) is 1. The summed E-state index contributed by atoms with van der Waals surface area (Å²) in [6, 6.07) is 0. The van der Waals surface area contributed by atoms with Gasteiger partial charge in [0.25, 0.3) is 0 Å². The van der Waals surface area contributed by atoms with Crippen LogP contribution in [0.2, 0.25) is 0 Å². The van der Waals surface area contributed by atoms with Crippen LogP contribution in [0.5, 0.6) is 0 Å². The van der Waals surface area contributed by atoms with Crippen LogP contribution >= 0.6 is 0 Å². The maximum atomic E-state index is 12.0. The summed E-state index contributed by atoms with van der Waals surface area (Å²) in [5, 5.41) is 0. The molecule has 3 atom stereocenters. The first-order valence-electron chi connectivity index (χ1n) is 8.31. The highest BCUT2D eigenvalue weighted by molar-refractivity contribution is 5.78. The fourth-order valence-corrected chi connectivity index (χ4v) is 4.12. The normalized spacial score (nSPS) is 29.9. The molecule has 2 saturated carbocycles. The highest BCUT2D eigenvalue weighted by Gasteiger charge is 2.39. The molecule has 0 saturated heterocycles. The maximum absolute atomic E-state index is 12.0. The molecule has 1 nitrogen and oxygen atoms in total. The molecule has 0 aromatic rings. The van der Waals surface area contributed by atoms with E-state index in [1.807, 2.05) is 0 Å². The van der Waals surface area contributed by atoms with Crippen molar-refractivity contribution in [1.82, 2.24) is 0 Å². The lowest BCUT2D eigenvalue weighted by atomic mass is 9.84. The summed E-state index contributed by atoms with van der Waals surface area (Å²) in [7, 11) is 0. The molecule has 0 aliphatic heterocycles. The Balaban J connectivity index is 1.50. The van der Waals surface area contributed by atoms with E-state index in [1.54, 1.807) is 0 Å². The number of ketones is 1. The van der Waals surface area contributed by atoms with Crippen LogP contribution in [0.1, 0.15) is 84.0 Å². The highest BCUT2D eigenvalue weighted by atomic mass is 16.1. The first-order valence-corrected chi connectivity index (χ1v) is 8.31. The molecule has 104 valence electrons. The summed E-state index contributed by atoms with van der Waals surface area (Å²) in [6.07, 6.45) is 15.2. The van der Waals surface area contributed by atoms with Crippen LogP contribution in [0.4, 0.5) is 0 Å². The molecule has 2 bridgehead atoms. The van der Waals surface area contributed by atoms with Gasteiger partial charge in [0.05, 0.1) is 0 Å². The minimum atomic E-state index is 0.558. The molecule has 2 aliphatic carbocycles. The van der Waals surface area contributed by atoms with Crippen LogP contribution in [0, 0.1) is 17.8 Å². The smallest absolute Gasteiger partial charge is 0.133 e. The Hall–Kier alpha value is -0.330. The topological polar surface area (TPSA) is 17.1 Å². The second-order valence-electron chi connectivity index (χ2n) is 6.70. The third-order valence-corrected chi connectivity index (χ3v) is 5.18. The van der Waals surface area contributed by atoms with E-state index >= 15 is 0 Å². The minimum Gasteiger partial charge on any atom is -0.300 e. The van der Waals surface area contributed by atoms with E-state index in [4.69, 9.17) is 0 Å². The highest BCUT2D eigenvalue weighted by Crippen LogP contribution is 2.49. The fraction of sp³-hybridized carbons (Fsp3) is 0.941. The zero-order valence-corrected chi connectivity index (χ0v) is 12.1. The molecule has 18 heavy (non-hydrogen) atoms. The first-order chi connectivity index (χ1) is 8.79. The Kier molecular flexibility index (Phi) is 5.72. The van der Waals surface area contributed by atoms with Crippen LogP contribution in [0.15, 0.2) is 0 Å². The van der Waals surface area contributed by atoms with Gasteiger partial charge in [-0.15, -0.1) is 0 Å². The van der Waals surface area contributed by atoms with Crippen molar-refractivity contribution in [2.75, 3.05) is 0 Å². The molecule has 0 heterocycles. The quantitative estimate of drug-likeness (QED) is 0.518. The third-order valence-electron chi connectivity index (χ3n) is 5.18. The number of unbranched alkanes of at least 4 members (excludes halogenated alkanes) is 5. The van der Waals surface area contributed by atoms with Gasteiger partial charge in [-0.3, -0.25) is 4.79 Å². The molecule has 0 amide bonds. The number of carbonyl (C=O) groups excluding carboxylic acids is 1. The molecule has 2 aliphatic rings. The Morgan fingerprint density at radius 1 is 1.00 bits per heavy atom. The fourth-order valence-electron chi connectivity index (χ4n) is 4.12. The van der Waals surface area contributed by atoms with Gasteiger partial charge in [-0.1, -0.05) is 45.4 Å². The van der Waals surface area contributed by atoms with E-state index in [0.717, 1.165) is 37.0 Å². The van der Waals surface area contributed by atoms with Crippen LogP contribution in [-0.4, -0.2) is 5.78 Å². The van der Waals surface area contributed by atoms with E-state index in [1.165, 1.54) is 57.8 Å². The zero-order valence-electron chi connectivity index (χ0n) is 12.1. The van der Waals surface area contributed by atoms with Gasteiger partial charge in [0.15, 0.2) is 0 Å². The molecule has 0 spiro atoms. The van der Waals surface area contributed by atoms with Crippen molar-refractivity contribution in [2.24, 2.45) is 17.8 Å². The molecule has 1 heteroatoms. The summed E-state index contributed by atoms with van der Waals surface area (Å²) in [4.78, 5) is 12.0. The largest absolute Gasteiger partial charge is 0.300 e. The standard InChI is InChI=1S/C17H30O/c1-2-3-4-5-6-7-8-17(18)13-16-12-14-9-10-15(16)11-14/h14-16H,2-13H2,1H3. The molecular formula is C17H30O. The summed E-state index contributed by atoms with van der Waals surface area (Å²) >= 11 is 0. The summed E-state index contributed by atoms with van der Waals surface area (Å²) < 4.78 is 0. The van der Waals surface area contributed by atoms with Crippen LogP contribution in [-0.2, 0) is 4.79 Å². The molecule has 3 unspecified atom stereocenters. The van der Waals surface area contributed by atoms with E-state index in [9.17, 15) is 4.79 Å². The molecule has 0 N–H and O–H groups in total. The minimum absolute atomic E-state index is 0.558. The average molecular weight is 250 g/mol. The number of hydrogen-bond acceptors (Lipinski definition) is 1. The van der Waals surface area contributed by atoms with E-state index in [2.05, 4.69) is 6.92 Å². The second kappa shape index (κ2) is 7.31. The van der Waals surface area contributed by atoms with Crippen LogP contribution in [0.25, 0.3) is 0 Å². The Labute approximate surface area is 113 Å². The van der Waals surface area contributed by atoms with Gasteiger partial charge >= 0.3 is 0 Å². The van der Waals surface area contributed by atoms with Gasteiger partial charge in [0.2, 0.25) is 0 Å². The molecule has 0 aromatic heterocycles. The monoisotopic (exact) mass is 250 g/mol. The van der Waals surface area contributed by atoms with Gasteiger partial charge in [-0.2, -0.15) is 0 Å². The third kappa shape index (κ3) is 4.10. The van der Waals surface area contributed by atoms with E-state index < -0.39 is 0 Å². The Morgan fingerprint density at radius 2 is 1.78 bits per heavy atom. The Bertz CT molecular complexity index is 258. The van der Waals surface area contributed by atoms with Crippen molar-refractivity contribution in [3.8, 4) is 0 Å². The summed E-state index contributed by atoms with van der Waals surface area (Å²) in [6.45, 7) is 2.25. The van der Waals surface area contributed by atoms with Crippen LogP contribution in [0.3, 0.4) is 0 Å². The number of fused-ring (bicyclic) bond motifs is 2. The van der Waals surface area contributed by atoms with E-state index in [0.29, 0.717) is 5.78 Å². The van der Waals surface area contributed by atoms with Crippen molar-refractivity contribution in [3.63, 3.8) is 0 Å². The molecule has 0 aromatic carbocycles. The van der Waals surface area contributed by atoms with Crippen molar-refractivity contribution in [1.29, 1.82) is 0 Å². The summed E-state index contributed by atoms with van der Waals surface area (Å²) in [5.74, 6) is 3.24. The van der Waals surface area contributed by atoms with Gasteiger partial charge in [-0.25, -0.2) is 0 Å². The van der Waals surface area contributed by atoms with Gasteiger partial charge in [0, 0.05) is 12.8 Å². The van der Waals surface area contributed by atoms with Crippen molar-refractivity contribution < 1.29 is 4.79 Å². The lowest BCUT2D eigenvalue weighted by Crippen LogP contribution is -2.15. The summed E-state index contributed by atoms with van der Waals surface area (Å²) in [5.41, 5.74) is 0. The lowest BCUT2D eigenvalue weighted by molar-refractivity contribution is -0.120. The number of carbonyl (C=O) groups is 1. The van der Waals surface area contributed by atoms with Gasteiger partial charge < -0.3 is 0 Å². The van der Waals surface area contributed by atoms with Crippen molar-refractivity contribution in [2.45, 2.75) is 84.0 Å². The maximum Gasteiger partial charge on any atom is 0.133 e. The van der Waals surface area contributed by atoms with E-state index in [-0.39, 0.29) is 0 Å². The molecule has 0 radical (unpaired) electrons. The Morgan fingerprint density at radius 3 is 2.44 bits per heavy atom. The predicted molar refractivity (Wildman–Crippen MR) is 76.6 cm³/mol. The SMILES string of the molecule is CCCCCCCCC(=O)CC1CC2CCC1C2. The van der Waals surface area contributed by atoms with Crippen LogP contribution < -0.4 is 0 Å². The predicted octanol–water partition coefficient (Wildman–Crippen LogP) is 5.13.